The molecule has 1 aliphatic heterocycles. The standard InChI is InChI=1S/C29H34ClN5O5S/c1-17(2)40-25-13-19-16-35(20-9-11-39-12-10-20)28(36)21(19)14-24(25)33-29-31-15-22(30)27(34-29)32-23-7-5-6-8-26(23)41(37,38)18(3)4/h5-8,13-18,20,36H,9-12H2,1-4H3,(H2,31,32,33,34). The molecule has 0 spiro atoms. The Hall–Kier alpha value is -3.54. The second-order valence-corrected chi connectivity index (χ2v) is 13.4. The molecule has 0 atom stereocenters. The normalized spacial score (nSPS) is 14.6. The summed E-state index contributed by atoms with van der Waals surface area (Å²) in [6, 6.07) is 10.5. The van der Waals surface area contributed by atoms with Gasteiger partial charge in [0.25, 0.3) is 0 Å². The van der Waals surface area contributed by atoms with Crippen molar-refractivity contribution in [2.75, 3.05) is 23.8 Å². The van der Waals surface area contributed by atoms with Crippen LogP contribution in [0.25, 0.3) is 10.8 Å². The van der Waals surface area contributed by atoms with Crippen LogP contribution in [0.4, 0.5) is 23.1 Å². The lowest BCUT2D eigenvalue weighted by Gasteiger charge is -2.24. The van der Waals surface area contributed by atoms with Crippen LogP contribution in [0.15, 0.2) is 53.7 Å². The predicted molar refractivity (Wildman–Crippen MR) is 161 cm³/mol. The maximum absolute atomic E-state index is 12.9. The Morgan fingerprint density at radius 1 is 1.10 bits per heavy atom. The number of anilines is 4. The first kappa shape index (κ1) is 29.0. The summed E-state index contributed by atoms with van der Waals surface area (Å²) in [5, 5.41) is 18.5. The summed E-state index contributed by atoms with van der Waals surface area (Å²) in [5.41, 5.74) is 0.916. The number of nitrogens with zero attached hydrogens (tertiary/aromatic N) is 3. The second kappa shape index (κ2) is 11.8. The van der Waals surface area contributed by atoms with Gasteiger partial charge in [-0.15, -0.1) is 0 Å². The van der Waals surface area contributed by atoms with Crippen molar-refractivity contribution in [3.05, 3.63) is 53.8 Å². The molecule has 0 bridgehead atoms. The van der Waals surface area contributed by atoms with E-state index in [2.05, 4.69) is 20.6 Å². The average molecular weight is 600 g/mol. The van der Waals surface area contributed by atoms with Crippen LogP contribution in [0.3, 0.4) is 0 Å². The number of sulfone groups is 1. The molecule has 12 heteroatoms. The van der Waals surface area contributed by atoms with Gasteiger partial charge in [-0.1, -0.05) is 23.7 Å². The number of rotatable bonds is 9. The largest absolute Gasteiger partial charge is 0.494 e. The summed E-state index contributed by atoms with van der Waals surface area (Å²) in [5.74, 6) is 1.18. The molecule has 1 fully saturated rings. The second-order valence-electron chi connectivity index (χ2n) is 10.5. The van der Waals surface area contributed by atoms with Gasteiger partial charge < -0.3 is 29.8 Å². The first-order valence-corrected chi connectivity index (χ1v) is 15.5. The summed E-state index contributed by atoms with van der Waals surface area (Å²) in [6.07, 6.45) is 4.91. The highest BCUT2D eigenvalue weighted by Crippen LogP contribution is 2.40. The molecule has 0 unspecified atom stereocenters. The van der Waals surface area contributed by atoms with Crippen molar-refractivity contribution in [1.29, 1.82) is 0 Å². The van der Waals surface area contributed by atoms with E-state index in [1.807, 2.05) is 36.7 Å². The number of aromatic nitrogens is 3. The molecule has 2 aromatic carbocycles. The molecule has 0 saturated carbocycles. The number of nitrogens with one attached hydrogen (secondary N) is 2. The molecule has 1 aliphatic rings. The fraction of sp³-hybridized carbons (Fsp3) is 0.379. The van der Waals surface area contributed by atoms with E-state index in [1.165, 1.54) is 6.20 Å². The van der Waals surface area contributed by atoms with Gasteiger partial charge in [0.1, 0.15) is 10.8 Å². The molecule has 41 heavy (non-hydrogen) atoms. The first-order chi connectivity index (χ1) is 19.5. The average Bonchev–Trinajstić information content (AvgIpc) is 3.26. The SMILES string of the molecule is CC(C)Oc1cc2cn(C3CCOCC3)c(O)c2cc1Nc1ncc(Cl)c(Nc2ccccc2S(=O)(=O)C(C)C)n1. The zero-order valence-electron chi connectivity index (χ0n) is 23.4. The zero-order chi connectivity index (χ0) is 29.3. The quantitative estimate of drug-likeness (QED) is 0.195. The molecule has 10 nitrogen and oxygen atoms in total. The lowest BCUT2D eigenvalue weighted by molar-refractivity contribution is 0.0678. The Morgan fingerprint density at radius 3 is 2.54 bits per heavy atom. The number of ether oxygens (including phenoxy) is 2. The van der Waals surface area contributed by atoms with Gasteiger partial charge in [-0.3, -0.25) is 0 Å². The van der Waals surface area contributed by atoms with Crippen LogP contribution >= 0.6 is 11.6 Å². The Bertz CT molecular complexity index is 1670. The molecule has 5 rings (SSSR count). The molecule has 3 N–H and O–H groups in total. The number of aromatic hydroxyl groups is 1. The van der Waals surface area contributed by atoms with Gasteiger partial charge in [0.05, 0.1) is 33.8 Å². The summed E-state index contributed by atoms with van der Waals surface area (Å²) >= 11 is 6.42. The summed E-state index contributed by atoms with van der Waals surface area (Å²) < 4.78 is 39.4. The van der Waals surface area contributed by atoms with Crippen LogP contribution in [-0.2, 0) is 14.6 Å². The molecule has 1 saturated heterocycles. The summed E-state index contributed by atoms with van der Waals surface area (Å²) in [7, 11) is -3.56. The molecule has 4 aromatic rings. The minimum absolute atomic E-state index is 0.109. The fourth-order valence-corrected chi connectivity index (χ4v) is 6.11. The van der Waals surface area contributed by atoms with Crippen LogP contribution < -0.4 is 15.4 Å². The van der Waals surface area contributed by atoms with Crippen molar-refractivity contribution in [1.82, 2.24) is 14.5 Å². The van der Waals surface area contributed by atoms with Gasteiger partial charge in [0, 0.05) is 36.2 Å². The van der Waals surface area contributed by atoms with E-state index < -0.39 is 15.1 Å². The van der Waals surface area contributed by atoms with Crippen molar-refractivity contribution in [2.45, 2.75) is 62.8 Å². The summed E-state index contributed by atoms with van der Waals surface area (Å²) in [4.78, 5) is 9.02. The maximum atomic E-state index is 12.9. The molecule has 3 heterocycles. The monoisotopic (exact) mass is 599 g/mol. The maximum Gasteiger partial charge on any atom is 0.229 e. The van der Waals surface area contributed by atoms with Gasteiger partial charge in [0.15, 0.2) is 21.5 Å². The Kier molecular flexibility index (Phi) is 8.30. The summed E-state index contributed by atoms with van der Waals surface area (Å²) in [6.45, 7) is 8.45. The number of benzene rings is 2. The molecular weight excluding hydrogens is 566 g/mol. The lowest BCUT2D eigenvalue weighted by Crippen LogP contribution is -2.18. The number of halogens is 1. The highest BCUT2D eigenvalue weighted by molar-refractivity contribution is 7.92. The molecule has 2 aromatic heterocycles. The Labute approximate surface area is 244 Å². The fourth-order valence-electron chi connectivity index (χ4n) is 4.77. The molecule has 218 valence electrons. The van der Waals surface area contributed by atoms with Crippen molar-refractivity contribution >= 4 is 55.4 Å². The number of hydrogen-bond donors (Lipinski definition) is 3. The van der Waals surface area contributed by atoms with Gasteiger partial charge >= 0.3 is 0 Å². The van der Waals surface area contributed by atoms with E-state index in [0.29, 0.717) is 35.7 Å². The van der Waals surface area contributed by atoms with Crippen LogP contribution in [0.1, 0.15) is 46.6 Å². The third-order valence-electron chi connectivity index (χ3n) is 6.92. The first-order valence-electron chi connectivity index (χ1n) is 13.6. The minimum Gasteiger partial charge on any atom is -0.494 e. The van der Waals surface area contributed by atoms with E-state index in [9.17, 15) is 13.5 Å². The number of fused-ring (bicyclic) bond motifs is 1. The van der Waals surface area contributed by atoms with Crippen molar-refractivity contribution in [3.8, 4) is 11.6 Å². The molecular formula is C29H34ClN5O5S. The smallest absolute Gasteiger partial charge is 0.229 e. The molecule has 0 radical (unpaired) electrons. The minimum atomic E-state index is -3.56. The zero-order valence-corrected chi connectivity index (χ0v) is 25.0. The third-order valence-corrected chi connectivity index (χ3v) is 9.41. The number of para-hydroxylation sites is 1. The Morgan fingerprint density at radius 2 is 1.83 bits per heavy atom. The van der Waals surface area contributed by atoms with E-state index in [-0.39, 0.29) is 39.7 Å². The number of hydrogen-bond acceptors (Lipinski definition) is 9. The van der Waals surface area contributed by atoms with Crippen LogP contribution in [0.2, 0.25) is 5.02 Å². The van der Waals surface area contributed by atoms with Gasteiger partial charge in [-0.05, 0) is 64.8 Å². The van der Waals surface area contributed by atoms with Gasteiger partial charge in [-0.25, -0.2) is 13.4 Å². The molecule has 0 aliphatic carbocycles. The predicted octanol–water partition coefficient (Wildman–Crippen LogP) is 6.60. The Balaban J connectivity index is 1.50. The molecule has 0 amide bonds. The van der Waals surface area contributed by atoms with Crippen molar-refractivity contribution in [2.24, 2.45) is 0 Å². The topological polar surface area (TPSA) is 128 Å². The van der Waals surface area contributed by atoms with Crippen LogP contribution in [0.5, 0.6) is 11.6 Å². The van der Waals surface area contributed by atoms with Crippen LogP contribution in [0, 0.1) is 0 Å². The van der Waals surface area contributed by atoms with E-state index in [4.69, 9.17) is 21.1 Å². The van der Waals surface area contributed by atoms with E-state index in [0.717, 1.165) is 18.2 Å². The van der Waals surface area contributed by atoms with E-state index >= 15 is 0 Å². The highest BCUT2D eigenvalue weighted by Gasteiger charge is 2.24. The van der Waals surface area contributed by atoms with Crippen molar-refractivity contribution in [3.63, 3.8) is 0 Å². The third kappa shape index (κ3) is 6.07. The van der Waals surface area contributed by atoms with Gasteiger partial charge in [-0.2, -0.15) is 4.98 Å². The van der Waals surface area contributed by atoms with Gasteiger partial charge in [0.2, 0.25) is 5.95 Å². The van der Waals surface area contributed by atoms with Crippen LogP contribution in [-0.4, -0.2) is 52.6 Å². The highest BCUT2D eigenvalue weighted by atomic mass is 35.5. The van der Waals surface area contributed by atoms with Crippen molar-refractivity contribution < 1.29 is 23.0 Å². The lowest BCUT2D eigenvalue weighted by atomic mass is 10.1. The van der Waals surface area contributed by atoms with E-state index in [1.54, 1.807) is 38.1 Å².